The molecule has 0 spiro atoms. The summed E-state index contributed by atoms with van der Waals surface area (Å²) in [6, 6.07) is 0. The highest BCUT2D eigenvalue weighted by Crippen LogP contribution is 2.07. The van der Waals surface area contributed by atoms with Gasteiger partial charge in [0.15, 0.2) is 11.6 Å². The molecule has 0 aliphatic rings. The smallest absolute Gasteiger partial charge is 0.212 e. The van der Waals surface area contributed by atoms with Crippen LogP contribution in [-0.4, -0.2) is 34.7 Å². The quantitative estimate of drug-likeness (QED) is 0.0974. The van der Waals surface area contributed by atoms with Crippen LogP contribution in [0.2, 0.25) is 0 Å². The van der Waals surface area contributed by atoms with Crippen LogP contribution in [0, 0.1) is 0 Å². The first-order valence-electron chi connectivity index (χ1n) is 12.1. The largest absolute Gasteiger partial charge is 0.494 e. The normalized spacial score (nSPS) is 9.84. The molecule has 0 atom stereocenters. The summed E-state index contributed by atoms with van der Waals surface area (Å²) >= 11 is 0. The number of carbonyl (C=O) groups excluding carboxylic acids is 2. The number of hydrogen-bond donors (Lipinski definition) is 2. The maximum atomic E-state index is 10.5. The fraction of sp³-hybridized carbons (Fsp3) is 0.778. The van der Waals surface area contributed by atoms with E-state index in [4.69, 9.17) is 14.9 Å². The van der Waals surface area contributed by atoms with Crippen LogP contribution in [0.25, 0.3) is 0 Å². The van der Waals surface area contributed by atoms with Crippen LogP contribution in [0.3, 0.4) is 0 Å². The van der Waals surface area contributed by atoms with Gasteiger partial charge in [0.2, 0.25) is 6.29 Å². The molecular formula is C27H54O5. The Morgan fingerprint density at radius 1 is 0.812 bits per heavy atom. The summed E-state index contributed by atoms with van der Waals surface area (Å²) in [7, 11) is 0. The molecule has 2 N–H and O–H groups in total. The van der Waals surface area contributed by atoms with Crippen molar-refractivity contribution < 1.29 is 24.5 Å². The Morgan fingerprint density at radius 3 is 1.59 bits per heavy atom. The van der Waals surface area contributed by atoms with Gasteiger partial charge in [-0.05, 0) is 45.6 Å². The monoisotopic (exact) mass is 458 g/mol. The lowest BCUT2D eigenvalue weighted by atomic mass is 10.1. The van der Waals surface area contributed by atoms with Gasteiger partial charge < -0.3 is 14.9 Å². The van der Waals surface area contributed by atoms with E-state index in [9.17, 15) is 9.59 Å². The van der Waals surface area contributed by atoms with Crippen molar-refractivity contribution in [1.82, 2.24) is 0 Å². The summed E-state index contributed by atoms with van der Waals surface area (Å²) in [6.45, 7) is 11.0. The van der Waals surface area contributed by atoms with E-state index in [1.54, 1.807) is 6.26 Å². The van der Waals surface area contributed by atoms with Gasteiger partial charge in [-0.2, -0.15) is 0 Å². The molecule has 0 aromatic carbocycles. The molecule has 0 rings (SSSR count). The van der Waals surface area contributed by atoms with E-state index in [0.717, 1.165) is 13.3 Å². The first-order chi connectivity index (χ1) is 14.8. The second-order valence-electron chi connectivity index (χ2n) is 7.77. The van der Waals surface area contributed by atoms with E-state index in [0.29, 0.717) is 0 Å². The Morgan fingerprint density at radius 2 is 1.22 bits per heavy atom. The molecule has 0 amide bonds. The molecule has 0 aliphatic carbocycles. The topological polar surface area (TPSA) is 83.8 Å². The van der Waals surface area contributed by atoms with Crippen molar-refractivity contribution in [3.63, 3.8) is 0 Å². The van der Waals surface area contributed by atoms with Crippen molar-refractivity contribution in [2.75, 3.05) is 6.61 Å². The summed E-state index contributed by atoms with van der Waals surface area (Å²) in [4.78, 5) is 20.2. The van der Waals surface area contributed by atoms with Crippen LogP contribution >= 0.6 is 0 Å². The van der Waals surface area contributed by atoms with E-state index < -0.39 is 12.1 Å². The minimum absolute atomic E-state index is 0. The van der Waals surface area contributed by atoms with E-state index in [1.807, 2.05) is 12.2 Å². The van der Waals surface area contributed by atoms with Gasteiger partial charge in [0.25, 0.3) is 0 Å². The molecule has 0 unspecified atom stereocenters. The van der Waals surface area contributed by atoms with Crippen molar-refractivity contribution in [3.05, 3.63) is 25.0 Å². The minimum Gasteiger partial charge on any atom is -0.494 e. The van der Waals surface area contributed by atoms with Gasteiger partial charge in [-0.3, -0.25) is 9.59 Å². The average Bonchev–Trinajstić information content (AvgIpc) is 2.72. The maximum absolute atomic E-state index is 10.5. The van der Waals surface area contributed by atoms with Crippen molar-refractivity contribution >= 4 is 11.6 Å². The molecule has 5 heteroatoms. The third-order valence-corrected chi connectivity index (χ3v) is 4.33. The van der Waals surface area contributed by atoms with Crippen LogP contribution in [0.1, 0.15) is 125 Å². The van der Waals surface area contributed by atoms with Gasteiger partial charge in [-0.1, -0.05) is 91.6 Å². The zero-order chi connectivity index (χ0) is 24.2. The first-order valence-corrected chi connectivity index (χ1v) is 12.1. The lowest BCUT2D eigenvalue weighted by Crippen LogP contribution is -2.14. The van der Waals surface area contributed by atoms with Crippen molar-refractivity contribution in [2.24, 2.45) is 0 Å². The predicted octanol–water partition coefficient (Wildman–Crippen LogP) is 7.30. The molecule has 0 saturated carbocycles. The first kappa shape index (κ1) is 37.8. The zero-order valence-electron chi connectivity index (χ0n) is 20.7. The molecule has 32 heavy (non-hydrogen) atoms. The lowest BCUT2D eigenvalue weighted by molar-refractivity contribution is -0.142. The number of aliphatic hydroxyl groups excluding tert-OH is 1. The van der Waals surface area contributed by atoms with Gasteiger partial charge in [-0.15, -0.1) is 6.58 Å². The fourth-order valence-corrected chi connectivity index (χ4v) is 2.41. The molecule has 5 nitrogen and oxygen atoms in total. The van der Waals surface area contributed by atoms with Gasteiger partial charge >= 0.3 is 0 Å². The molecule has 0 radical (unpaired) electrons. The molecule has 0 aromatic heterocycles. The van der Waals surface area contributed by atoms with Gasteiger partial charge in [0.1, 0.15) is 6.61 Å². The van der Waals surface area contributed by atoms with Gasteiger partial charge in [0.05, 0.1) is 6.26 Å². The van der Waals surface area contributed by atoms with E-state index in [2.05, 4.69) is 20.4 Å². The highest BCUT2D eigenvalue weighted by Gasteiger charge is 1.99. The summed E-state index contributed by atoms with van der Waals surface area (Å²) in [5, 5.41) is 15.7. The number of hydrogen-bond acceptors (Lipinski definition) is 5. The van der Waals surface area contributed by atoms with E-state index in [1.165, 1.54) is 90.4 Å². The van der Waals surface area contributed by atoms with Crippen LogP contribution in [0.15, 0.2) is 25.0 Å². The van der Waals surface area contributed by atoms with Gasteiger partial charge in [0, 0.05) is 0 Å². The SMILES string of the molecule is C.C=CCCCCCCCC.CC(=O)C(O)O.CCCCCCCCC=COCC(C)=O. The van der Waals surface area contributed by atoms with Crippen LogP contribution in [0.4, 0.5) is 0 Å². The summed E-state index contributed by atoms with van der Waals surface area (Å²) in [5.41, 5.74) is 0. The van der Waals surface area contributed by atoms with Gasteiger partial charge in [-0.25, -0.2) is 0 Å². The van der Waals surface area contributed by atoms with Crippen molar-refractivity contribution in [3.8, 4) is 0 Å². The minimum atomic E-state index is -1.79. The number of carbonyl (C=O) groups is 2. The Labute approximate surface area is 199 Å². The molecule has 0 bridgehead atoms. The van der Waals surface area contributed by atoms with E-state index >= 15 is 0 Å². The Bertz CT molecular complexity index is 416. The number of allylic oxidation sites excluding steroid dienone is 2. The van der Waals surface area contributed by atoms with E-state index in [-0.39, 0.29) is 19.8 Å². The van der Waals surface area contributed by atoms with Crippen molar-refractivity contribution in [2.45, 2.75) is 131 Å². The second kappa shape index (κ2) is 34.2. The summed E-state index contributed by atoms with van der Waals surface area (Å²) in [6.07, 6.45) is 22.4. The lowest BCUT2D eigenvalue weighted by Gasteiger charge is -1.98. The molecule has 0 fully saturated rings. The standard InChI is InChI=1S/C13H24O2.C10H20.C3H6O3.CH4/c1-3-4-5-6-7-8-9-10-11-15-12-13(2)14;1-3-5-7-9-10-8-6-4-2;1-2(4)3(5)6;/h10-11H,3-9,12H2,1-2H3;3H,1,4-10H2,2H3;3,5-6H,1H3;1H4. The van der Waals surface area contributed by atoms with Crippen molar-refractivity contribution in [1.29, 1.82) is 0 Å². The summed E-state index contributed by atoms with van der Waals surface area (Å²) in [5.74, 6) is -0.561. The fourth-order valence-electron chi connectivity index (χ4n) is 2.41. The second-order valence-corrected chi connectivity index (χ2v) is 7.77. The Hall–Kier alpha value is -1.46. The highest BCUT2D eigenvalue weighted by molar-refractivity contribution is 5.78. The number of aliphatic hydroxyl groups is 2. The summed E-state index contributed by atoms with van der Waals surface area (Å²) < 4.78 is 5.01. The predicted molar refractivity (Wildman–Crippen MR) is 138 cm³/mol. The Balaban J connectivity index is -0.000000199. The molecule has 0 heterocycles. The molecular weight excluding hydrogens is 404 g/mol. The number of ketones is 2. The zero-order valence-corrected chi connectivity index (χ0v) is 20.7. The Kier molecular flexibility index (Phi) is 40.4. The molecule has 0 aromatic rings. The third-order valence-electron chi connectivity index (χ3n) is 4.33. The highest BCUT2D eigenvalue weighted by atomic mass is 16.5. The number of rotatable bonds is 18. The van der Waals surface area contributed by atoms with Crippen LogP contribution in [-0.2, 0) is 14.3 Å². The maximum Gasteiger partial charge on any atom is 0.212 e. The molecule has 0 saturated heterocycles. The molecule has 0 aliphatic heterocycles. The van der Waals surface area contributed by atoms with Crippen LogP contribution < -0.4 is 0 Å². The number of unbranched alkanes of at least 4 members (excludes halogenated alkanes) is 12. The third kappa shape index (κ3) is 46.7. The number of Topliss-reactive ketones (excluding diaryl/α,β-unsaturated/α-hetero) is 2. The van der Waals surface area contributed by atoms with Crippen LogP contribution in [0.5, 0.6) is 0 Å². The number of ether oxygens (including phenoxy) is 1. The average molecular weight is 459 g/mol. The molecule has 192 valence electrons.